The van der Waals surface area contributed by atoms with E-state index in [-0.39, 0.29) is 103 Å². The van der Waals surface area contributed by atoms with E-state index in [1.54, 1.807) is 0 Å². The van der Waals surface area contributed by atoms with E-state index in [2.05, 4.69) is 10.2 Å². The SMILES string of the molecule is O=C([O-])N=NC(=O)[O-].[K+].[K+]. The first kappa shape index (κ1) is 17.8. The Balaban J connectivity index is -0.000000245. The third-order valence-corrected chi connectivity index (χ3v) is 0.213. The topological polar surface area (TPSA) is 105 Å². The third kappa shape index (κ3) is 16.4. The fraction of sp³-hybridized carbons (Fsp3) is 0. The molecule has 8 heteroatoms. The van der Waals surface area contributed by atoms with Crippen LogP contribution in [0.1, 0.15) is 0 Å². The first-order valence-corrected chi connectivity index (χ1v) is 1.46. The van der Waals surface area contributed by atoms with E-state index < -0.39 is 12.2 Å². The Hall–Kier alpha value is 1.81. The standard InChI is InChI=1S/C2H2N2O4.2K/c5-1(6)3-4-2(7)8;;/h(H,5,6)(H,7,8);;/q;2*+1/p-2. The van der Waals surface area contributed by atoms with Crippen molar-refractivity contribution in [1.29, 1.82) is 0 Å². The van der Waals surface area contributed by atoms with E-state index in [1.165, 1.54) is 0 Å². The predicted octanol–water partition coefficient (Wildman–Crippen LogP) is -7.87. The molecule has 0 aromatic rings. The number of carboxylic acid groups (broad SMARTS) is 2. The van der Waals surface area contributed by atoms with Gasteiger partial charge in [0.2, 0.25) is 0 Å². The van der Waals surface area contributed by atoms with Crippen LogP contribution in [0.4, 0.5) is 9.59 Å². The average molecular weight is 194 g/mol. The van der Waals surface area contributed by atoms with Crippen LogP contribution in [-0.2, 0) is 0 Å². The summed E-state index contributed by atoms with van der Waals surface area (Å²) in [5.74, 6) is 0. The van der Waals surface area contributed by atoms with Crippen molar-refractivity contribution in [1.82, 2.24) is 0 Å². The van der Waals surface area contributed by atoms with Gasteiger partial charge < -0.3 is 19.8 Å². The van der Waals surface area contributed by atoms with Gasteiger partial charge in [-0.1, -0.05) is 0 Å². The van der Waals surface area contributed by atoms with Crippen molar-refractivity contribution in [3.05, 3.63) is 0 Å². The maximum absolute atomic E-state index is 9.24. The Morgan fingerprint density at radius 1 is 0.900 bits per heavy atom. The quantitative estimate of drug-likeness (QED) is 0.282. The Labute approximate surface area is 141 Å². The summed E-state index contributed by atoms with van der Waals surface area (Å²) in [6, 6.07) is 0. The second-order valence-electron chi connectivity index (χ2n) is 0.732. The number of carbonyl (C=O) groups is 2. The second kappa shape index (κ2) is 10.8. The molecule has 0 bridgehead atoms. The minimum atomic E-state index is -1.91. The molecular formula is C2K2N2O4. The van der Waals surface area contributed by atoms with E-state index in [9.17, 15) is 19.8 Å². The van der Waals surface area contributed by atoms with Gasteiger partial charge in [0.25, 0.3) is 0 Å². The van der Waals surface area contributed by atoms with Crippen LogP contribution >= 0.6 is 0 Å². The number of hydrogen-bond donors (Lipinski definition) is 0. The molecule has 2 amide bonds. The van der Waals surface area contributed by atoms with Gasteiger partial charge in [0.05, 0.1) is 0 Å². The molecule has 0 aromatic heterocycles. The largest absolute Gasteiger partial charge is 1.00 e. The maximum atomic E-state index is 9.24. The van der Waals surface area contributed by atoms with Crippen LogP contribution in [0.25, 0.3) is 0 Å². The van der Waals surface area contributed by atoms with Crippen LogP contribution in [0.5, 0.6) is 0 Å². The zero-order valence-electron chi connectivity index (χ0n) is 5.53. The van der Waals surface area contributed by atoms with Gasteiger partial charge in [0.15, 0.2) is 12.2 Å². The van der Waals surface area contributed by atoms with E-state index in [1.807, 2.05) is 0 Å². The summed E-state index contributed by atoms with van der Waals surface area (Å²) in [5.41, 5.74) is 0. The Kier molecular flexibility index (Phi) is 19.2. The fourth-order valence-electron chi connectivity index (χ4n) is 0.0816. The third-order valence-electron chi connectivity index (χ3n) is 0.213. The van der Waals surface area contributed by atoms with E-state index in [0.717, 1.165) is 0 Å². The van der Waals surface area contributed by atoms with Crippen LogP contribution in [0.3, 0.4) is 0 Å². The molecule has 0 fully saturated rings. The summed E-state index contributed by atoms with van der Waals surface area (Å²) in [5, 5.41) is 22.7. The van der Waals surface area contributed by atoms with Crippen molar-refractivity contribution >= 4 is 12.2 Å². The van der Waals surface area contributed by atoms with Crippen LogP contribution in [0.2, 0.25) is 0 Å². The van der Waals surface area contributed by atoms with Gasteiger partial charge in [0.1, 0.15) is 0 Å². The second-order valence-corrected chi connectivity index (χ2v) is 0.732. The molecule has 0 heterocycles. The minimum absolute atomic E-state index is 0. The number of amides is 2. The number of hydrogen-bond acceptors (Lipinski definition) is 4. The molecule has 0 aliphatic rings. The van der Waals surface area contributed by atoms with E-state index in [0.29, 0.717) is 0 Å². The molecule has 0 N–H and O–H groups in total. The molecule has 0 saturated heterocycles. The van der Waals surface area contributed by atoms with Crippen molar-refractivity contribution in [2.75, 3.05) is 0 Å². The van der Waals surface area contributed by atoms with Crippen molar-refractivity contribution in [2.45, 2.75) is 0 Å². The molecule has 0 rings (SSSR count). The van der Waals surface area contributed by atoms with Crippen LogP contribution in [0.15, 0.2) is 10.2 Å². The maximum Gasteiger partial charge on any atom is 1.00 e. The molecule has 0 aliphatic carbocycles. The molecular weight excluding hydrogens is 194 g/mol. The Morgan fingerprint density at radius 3 is 1.20 bits per heavy atom. The van der Waals surface area contributed by atoms with Crippen molar-refractivity contribution in [3.63, 3.8) is 0 Å². The molecule has 0 atom stereocenters. The molecule has 0 aliphatic heterocycles. The van der Waals surface area contributed by atoms with Gasteiger partial charge in [0, 0.05) is 0 Å². The zero-order chi connectivity index (χ0) is 6.57. The normalized spacial score (nSPS) is 7.60. The summed E-state index contributed by atoms with van der Waals surface area (Å²) < 4.78 is 0. The monoisotopic (exact) mass is 194 g/mol. The number of carbonyl (C=O) groups excluding carboxylic acids is 2. The summed E-state index contributed by atoms with van der Waals surface area (Å²) >= 11 is 0. The van der Waals surface area contributed by atoms with Gasteiger partial charge in [-0.05, 0) is 0 Å². The van der Waals surface area contributed by atoms with Gasteiger partial charge in [-0.3, -0.25) is 0 Å². The van der Waals surface area contributed by atoms with Crippen molar-refractivity contribution in [3.8, 4) is 0 Å². The van der Waals surface area contributed by atoms with Gasteiger partial charge in [-0.25, -0.2) is 0 Å². The molecule has 0 radical (unpaired) electrons. The number of nitrogens with zero attached hydrogens (tertiary/aromatic N) is 2. The number of azo groups is 1. The fourth-order valence-corrected chi connectivity index (χ4v) is 0.0816. The van der Waals surface area contributed by atoms with Crippen molar-refractivity contribution < 1.29 is 123 Å². The summed E-state index contributed by atoms with van der Waals surface area (Å²) in [4.78, 5) is 18.5. The van der Waals surface area contributed by atoms with Crippen LogP contribution in [-0.4, -0.2) is 12.2 Å². The zero-order valence-corrected chi connectivity index (χ0v) is 11.8. The molecule has 0 aromatic carbocycles. The smallest absolute Gasteiger partial charge is 0.527 e. The van der Waals surface area contributed by atoms with E-state index >= 15 is 0 Å². The molecule has 0 saturated carbocycles. The Bertz CT molecular complexity index is 130. The van der Waals surface area contributed by atoms with Gasteiger partial charge >= 0.3 is 103 Å². The molecule has 44 valence electrons. The summed E-state index contributed by atoms with van der Waals surface area (Å²) in [7, 11) is 0. The first-order chi connectivity index (χ1) is 3.63. The average Bonchev–Trinajstić information content (AvgIpc) is 1.61. The van der Waals surface area contributed by atoms with Crippen LogP contribution in [0, 0.1) is 0 Å². The Morgan fingerprint density at radius 2 is 1.10 bits per heavy atom. The molecule has 0 unspecified atom stereocenters. The van der Waals surface area contributed by atoms with Crippen LogP contribution < -0.4 is 113 Å². The predicted molar refractivity (Wildman–Crippen MR) is 15.6 cm³/mol. The first-order valence-electron chi connectivity index (χ1n) is 1.46. The minimum Gasteiger partial charge on any atom is -0.527 e. The molecule has 10 heavy (non-hydrogen) atoms. The molecule has 6 nitrogen and oxygen atoms in total. The van der Waals surface area contributed by atoms with Gasteiger partial charge in [-0.15, -0.1) is 10.2 Å². The van der Waals surface area contributed by atoms with Crippen molar-refractivity contribution in [2.24, 2.45) is 10.2 Å². The summed E-state index contributed by atoms with van der Waals surface area (Å²) in [6.07, 6.45) is -3.82. The molecule has 0 spiro atoms. The number of rotatable bonds is 0. The van der Waals surface area contributed by atoms with E-state index in [4.69, 9.17) is 0 Å². The summed E-state index contributed by atoms with van der Waals surface area (Å²) in [6.45, 7) is 0. The van der Waals surface area contributed by atoms with Gasteiger partial charge in [-0.2, -0.15) is 0 Å².